The Morgan fingerprint density at radius 1 is 0.905 bits per heavy atom. The molecule has 0 radical (unpaired) electrons. The Morgan fingerprint density at radius 3 is 2.38 bits per heavy atom. The van der Waals surface area contributed by atoms with Crippen molar-refractivity contribution in [3.05, 3.63) is 82.6 Å². The zero-order valence-corrected chi connectivity index (χ0v) is 12.4. The first-order valence-corrected chi connectivity index (χ1v) is 7.19. The van der Waals surface area contributed by atoms with Crippen LogP contribution in [-0.4, -0.2) is 7.05 Å². The Bertz CT molecular complexity index is 780. The molecule has 1 nitrogen and oxygen atoms in total. The van der Waals surface area contributed by atoms with Crippen LogP contribution < -0.4 is 5.32 Å². The molecule has 0 fully saturated rings. The fourth-order valence-corrected chi connectivity index (χ4v) is 2.91. The van der Waals surface area contributed by atoms with Gasteiger partial charge >= 0.3 is 0 Å². The molecule has 0 saturated carbocycles. The van der Waals surface area contributed by atoms with E-state index in [-0.39, 0.29) is 16.9 Å². The largest absolute Gasteiger partial charge is 0.309 e. The number of hydrogen-bond acceptors (Lipinski definition) is 1. The van der Waals surface area contributed by atoms with Crippen molar-refractivity contribution in [2.45, 2.75) is 6.04 Å². The van der Waals surface area contributed by atoms with E-state index in [4.69, 9.17) is 11.6 Å². The minimum absolute atomic E-state index is 0.146. The van der Waals surface area contributed by atoms with Crippen molar-refractivity contribution in [3.63, 3.8) is 0 Å². The topological polar surface area (TPSA) is 12.0 Å². The molecule has 0 aliphatic heterocycles. The second-order valence-corrected chi connectivity index (χ2v) is 5.34. The maximum Gasteiger partial charge on any atom is 0.146 e. The van der Waals surface area contributed by atoms with E-state index < -0.39 is 0 Å². The van der Waals surface area contributed by atoms with E-state index in [9.17, 15) is 4.39 Å². The van der Waals surface area contributed by atoms with Crippen LogP contribution in [0.15, 0.2) is 60.7 Å². The fourth-order valence-electron chi connectivity index (χ4n) is 2.72. The van der Waals surface area contributed by atoms with Crippen LogP contribution in [0.4, 0.5) is 4.39 Å². The molecule has 0 bridgehead atoms. The van der Waals surface area contributed by atoms with Gasteiger partial charge in [-0.3, -0.25) is 0 Å². The molecule has 1 N–H and O–H groups in total. The summed E-state index contributed by atoms with van der Waals surface area (Å²) in [6.07, 6.45) is 0. The van der Waals surface area contributed by atoms with E-state index in [0.717, 1.165) is 16.3 Å². The Morgan fingerprint density at radius 2 is 1.57 bits per heavy atom. The number of benzene rings is 3. The summed E-state index contributed by atoms with van der Waals surface area (Å²) in [5.74, 6) is -0.369. The van der Waals surface area contributed by atoms with Gasteiger partial charge in [-0.15, -0.1) is 0 Å². The van der Waals surface area contributed by atoms with Gasteiger partial charge in [0.05, 0.1) is 11.1 Å². The number of hydrogen-bond donors (Lipinski definition) is 1. The van der Waals surface area contributed by atoms with E-state index in [1.807, 2.05) is 31.3 Å². The summed E-state index contributed by atoms with van der Waals surface area (Å²) < 4.78 is 14.4. The lowest BCUT2D eigenvalue weighted by atomic mass is 9.93. The summed E-state index contributed by atoms with van der Waals surface area (Å²) in [6, 6.07) is 19.0. The Hall–Kier alpha value is -1.90. The van der Waals surface area contributed by atoms with Crippen LogP contribution in [0.3, 0.4) is 0 Å². The van der Waals surface area contributed by atoms with Crippen LogP contribution in [0.5, 0.6) is 0 Å². The molecule has 0 aromatic heterocycles. The van der Waals surface area contributed by atoms with E-state index in [1.165, 1.54) is 0 Å². The highest BCUT2D eigenvalue weighted by molar-refractivity contribution is 6.30. The molecule has 106 valence electrons. The third kappa shape index (κ3) is 2.53. The lowest BCUT2D eigenvalue weighted by Gasteiger charge is -2.20. The van der Waals surface area contributed by atoms with E-state index in [0.29, 0.717) is 5.56 Å². The molecule has 1 unspecified atom stereocenters. The van der Waals surface area contributed by atoms with Gasteiger partial charge in [0.25, 0.3) is 0 Å². The van der Waals surface area contributed by atoms with Crippen LogP contribution in [0, 0.1) is 5.82 Å². The van der Waals surface area contributed by atoms with Crippen LogP contribution in [0.1, 0.15) is 17.2 Å². The summed E-state index contributed by atoms with van der Waals surface area (Å²) in [6.45, 7) is 0. The SMILES string of the molecule is CNC(c1cccc(Cl)c1F)c1cccc2ccccc12. The second-order valence-electron chi connectivity index (χ2n) is 4.93. The molecule has 3 aromatic carbocycles. The Labute approximate surface area is 128 Å². The molecule has 0 aliphatic rings. The molecule has 3 rings (SSSR count). The molecule has 0 heterocycles. The van der Waals surface area contributed by atoms with Crippen molar-refractivity contribution >= 4 is 22.4 Å². The quantitative estimate of drug-likeness (QED) is 0.722. The third-order valence-electron chi connectivity index (χ3n) is 3.72. The Balaban J connectivity index is 2.21. The molecule has 3 heteroatoms. The zero-order valence-electron chi connectivity index (χ0n) is 11.6. The van der Waals surface area contributed by atoms with Gasteiger partial charge in [0.2, 0.25) is 0 Å². The van der Waals surface area contributed by atoms with Crippen LogP contribution in [0.25, 0.3) is 10.8 Å². The van der Waals surface area contributed by atoms with Crippen LogP contribution >= 0.6 is 11.6 Å². The average Bonchev–Trinajstić information content (AvgIpc) is 2.52. The monoisotopic (exact) mass is 299 g/mol. The maximum atomic E-state index is 14.4. The summed E-state index contributed by atoms with van der Waals surface area (Å²) >= 11 is 5.92. The molecule has 0 aliphatic carbocycles. The van der Waals surface area contributed by atoms with Gasteiger partial charge in [-0.05, 0) is 29.4 Å². The van der Waals surface area contributed by atoms with Crippen molar-refractivity contribution in [2.75, 3.05) is 7.05 Å². The van der Waals surface area contributed by atoms with Gasteiger partial charge in [-0.1, -0.05) is 66.2 Å². The Kier molecular flexibility index (Phi) is 3.91. The van der Waals surface area contributed by atoms with Gasteiger partial charge in [-0.2, -0.15) is 0 Å². The van der Waals surface area contributed by atoms with Crippen molar-refractivity contribution in [2.24, 2.45) is 0 Å². The highest BCUT2D eigenvalue weighted by atomic mass is 35.5. The van der Waals surface area contributed by atoms with Crippen molar-refractivity contribution in [3.8, 4) is 0 Å². The molecule has 0 amide bonds. The minimum Gasteiger partial charge on any atom is -0.309 e. The smallest absolute Gasteiger partial charge is 0.146 e. The van der Waals surface area contributed by atoms with Crippen molar-refractivity contribution < 1.29 is 4.39 Å². The molecule has 0 spiro atoms. The molecule has 21 heavy (non-hydrogen) atoms. The van der Waals surface area contributed by atoms with Crippen LogP contribution in [-0.2, 0) is 0 Å². The number of nitrogens with one attached hydrogen (secondary N) is 1. The summed E-state index contributed by atoms with van der Waals surface area (Å²) in [4.78, 5) is 0. The predicted molar refractivity (Wildman–Crippen MR) is 86.3 cm³/mol. The molecular formula is C18H15ClFN. The molecule has 3 aromatic rings. The summed E-state index contributed by atoms with van der Waals surface area (Å²) in [5.41, 5.74) is 1.60. The van der Waals surface area contributed by atoms with Crippen molar-refractivity contribution in [1.29, 1.82) is 0 Å². The highest BCUT2D eigenvalue weighted by Gasteiger charge is 2.19. The van der Waals surface area contributed by atoms with Gasteiger partial charge in [-0.25, -0.2) is 4.39 Å². The summed E-state index contributed by atoms with van der Waals surface area (Å²) in [7, 11) is 1.83. The second kappa shape index (κ2) is 5.84. The lowest BCUT2D eigenvalue weighted by molar-refractivity contribution is 0.578. The lowest BCUT2D eigenvalue weighted by Crippen LogP contribution is -2.19. The number of rotatable bonds is 3. The van der Waals surface area contributed by atoms with Crippen LogP contribution in [0.2, 0.25) is 5.02 Å². The van der Waals surface area contributed by atoms with Gasteiger partial charge in [0, 0.05) is 5.56 Å². The van der Waals surface area contributed by atoms with Crippen molar-refractivity contribution in [1.82, 2.24) is 5.32 Å². The first kappa shape index (κ1) is 14.1. The molecular weight excluding hydrogens is 285 g/mol. The zero-order chi connectivity index (χ0) is 14.8. The normalized spacial score (nSPS) is 12.5. The van der Waals surface area contributed by atoms with Gasteiger partial charge in [0.1, 0.15) is 5.82 Å². The summed E-state index contributed by atoms with van der Waals surface area (Å²) in [5, 5.41) is 5.59. The fraction of sp³-hybridized carbons (Fsp3) is 0.111. The number of halogens is 2. The first-order chi connectivity index (χ1) is 10.2. The standard InChI is InChI=1S/C18H15ClFN/c1-21-18(15-10-5-11-16(19)17(15)20)14-9-4-7-12-6-2-3-8-13(12)14/h2-11,18,21H,1H3. The van der Waals surface area contributed by atoms with Gasteiger partial charge < -0.3 is 5.32 Å². The number of fused-ring (bicyclic) bond motifs is 1. The molecule has 1 atom stereocenters. The average molecular weight is 300 g/mol. The van der Waals surface area contributed by atoms with E-state index in [2.05, 4.69) is 23.5 Å². The highest BCUT2D eigenvalue weighted by Crippen LogP contribution is 2.32. The van der Waals surface area contributed by atoms with Gasteiger partial charge in [0.15, 0.2) is 0 Å². The predicted octanol–water partition coefficient (Wildman–Crippen LogP) is 4.94. The first-order valence-electron chi connectivity index (χ1n) is 6.81. The minimum atomic E-state index is -0.369. The van der Waals surface area contributed by atoms with E-state index >= 15 is 0 Å². The molecule has 0 saturated heterocycles. The van der Waals surface area contributed by atoms with E-state index in [1.54, 1.807) is 18.2 Å². The third-order valence-corrected chi connectivity index (χ3v) is 4.01. The maximum absolute atomic E-state index is 14.4.